The van der Waals surface area contributed by atoms with E-state index in [-0.39, 0.29) is 24.1 Å². The van der Waals surface area contributed by atoms with Gasteiger partial charge in [-0.25, -0.2) is 0 Å². The first-order valence-electron chi connectivity index (χ1n) is 18.3. The first-order chi connectivity index (χ1) is 26.3. The van der Waals surface area contributed by atoms with Crippen LogP contribution in [0.5, 0.6) is 0 Å². The number of ether oxygens (including phenoxy) is 2. The Balaban J connectivity index is 1.06. The largest absolute Gasteiger partial charge is 0.456 e. The molecule has 0 radical (unpaired) electrons. The molecule has 5 heterocycles. The maximum atomic E-state index is 13.0. The Morgan fingerprint density at radius 2 is 0.691 bits per heavy atom. The molecule has 0 aliphatic rings. The number of benzene rings is 2. The average Bonchev–Trinajstić information content (AvgIpc) is 4.00. The Hall–Kier alpha value is -4.12. The van der Waals surface area contributed by atoms with Gasteiger partial charge in [0.15, 0.2) is 0 Å². The van der Waals surface area contributed by atoms with Crippen LogP contribution in [0.15, 0.2) is 121 Å². The Bertz CT molecular complexity index is 2190. The van der Waals surface area contributed by atoms with Gasteiger partial charge < -0.3 is 9.47 Å². The highest BCUT2D eigenvalue weighted by molar-refractivity contribution is 7.29. The lowest BCUT2D eigenvalue weighted by Crippen LogP contribution is -2.25. The Kier molecular flexibility index (Phi) is 11.8. The molecule has 9 heteroatoms. The predicted molar refractivity (Wildman–Crippen MR) is 234 cm³/mol. The minimum absolute atomic E-state index is 0.195. The number of hydrogen-bond acceptors (Lipinski definition) is 9. The summed E-state index contributed by atoms with van der Waals surface area (Å²) in [6.07, 6.45) is 0.585. The van der Waals surface area contributed by atoms with E-state index in [4.69, 9.17) is 9.47 Å². The topological polar surface area (TPSA) is 52.6 Å². The maximum absolute atomic E-state index is 13.0. The Morgan fingerprint density at radius 1 is 0.418 bits per heavy atom. The second-order valence-corrected chi connectivity index (χ2v) is 21.0. The summed E-state index contributed by atoms with van der Waals surface area (Å²) < 4.78 is 12.2. The quantitative estimate of drug-likeness (QED) is 0.115. The smallest absolute Gasteiger partial charge is 0.311 e. The lowest BCUT2D eigenvalue weighted by atomic mass is 9.97. The van der Waals surface area contributed by atoms with Gasteiger partial charge >= 0.3 is 11.9 Å². The fourth-order valence-electron chi connectivity index (χ4n) is 5.79. The highest BCUT2D eigenvalue weighted by Crippen LogP contribution is 2.46. The zero-order valence-electron chi connectivity index (χ0n) is 31.8. The fourth-order valence-corrected chi connectivity index (χ4v) is 11.2. The van der Waals surface area contributed by atoms with Crippen LogP contribution in [0.4, 0.5) is 0 Å². The van der Waals surface area contributed by atoms with Gasteiger partial charge in [0.2, 0.25) is 0 Å². The SMILES string of the molecule is CC(C)(C)C(=O)OC(Cc1ccccc1)c1ccc(-c2ccc(-c3ccc(-c4ccc(-c5ccc(C(Cc6ccccc6)OC(=O)C(C)(C)C)s5)s4)s3)s2)s1. The van der Waals surface area contributed by atoms with Crippen molar-refractivity contribution in [2.24, 2.45) is 10.8 Å². The Labute approximate surface area is 344 Å². The molecule has 0 fully saturated rings. The van der Waals surface area contributed by atoms with E-state index in [1.807, 2.05) is 89.3 Å². The molecule has 5 aromatic heterocycles. The molecule has 2 atom stereocenters. The van der Waals surface area contributed by atoms with Gasteiger partial charge in [-0.15, -0.1) is 56.7 Å². The van der Waals surface area contributed by atoms with Crippen molar-refractivity contribution in [1.82, 2.24) is 0 Å². The minimum Gasteiger partial charge on any atom is -0.456 e. The average molecular weight is 821 g/mol. The molecular weight excluding hydrogens is 777 g/mol. The van der Waals surface area contributed by atoms with Crippen LogP contribution < -0.4 is 0 Å². The summed E-state index contributed by atoms with van der Waals surface area (Å²) >= 11 is 8.79. The summed E-state index contributed by atoms with van der Waals surface area (Å²) in [5.41, 5.74) is 1.12. The van der Waals surface area contributed by atoms with E-state index in [1.54, 1.807) is 45.3 Å². The van der Waals surface area contributed by atoms with Gasteiger partial charge in [0, 0.05) is 61.6 Å². The van der Waals surface area contributed by atoms with Crippen LogP contribution in [0.1, 0.15) is 74.6 Å². The van der Waals surface area contributed by atoms with Gasteiger partial charge in [0.25, 0.3) is 0 Å². The van der Waals surface area contributed by atoms with Crippen LogP contribution in [0, 0.1) is 10.8 Å². The number of carbonyl (C=O) groups excluding carboxylic acids is 2. The van der Waals surface area contributed by atoms with E-state index < -0.39 is 10.8 Å². The van der Waals surface area contributed by atoms with Crippen molar-refractivity contribution < 1.29 is 19.1 Å². The minimum atomic E-state index is -0.578. The monoisotopic (exact) mass is 820 g/mol. The molecule has 55 heavy (non-hydrogen) atoms. The molecule has 0 bridgehead atoms. The number of carbonyl (C=O) groups is 2. The zero-order chi connectivity index (χ0) is 38.7. The van der Waals surface area contributed by atoms with Crippen molar-refractivity contribution in [3.63, 3.8) is 0 Å². The molecular formula is C46H44O4S5. The molecule has 2 aromatic carbocycles. The summed E-state index contributed by atoms with van der Waals surface area (Å²) in [4.78, 5) is 37.7. The summed E-state index contributed by atoms with van der Waals surface area (Å²) in [5, 5.41) is 0. The van der Waals surface area contributed by atoms with E-state index in [0.29, 0.717) is 12.8 Å². The lowest BCUT2D eigenvalue weighted by molar-refractivity contribution is -0.159. The summed E-state index contributed by atoms with van der Waals surface area (Å²) in [5.74, 6) is -0.390. The molecule has 0 aliphatic heterocycles. The third-order valence-corrected chi connectivity index (χ3v) is 15.3. The fraction of sp³-hybridized carbons (Fsp3) is 0.261. The predicted octanol–water partition coefficient (Wildman–Crippen LogP) is 14.4. The van der Waals surface area contributed by atoms with Crippen molar-refractivity contribution in [2.45, 2.75) is 66.6 Å². The van der Waals surface area contributed by atoms with Crippen molar-refractivity contribution in [3.05, 3.63) is 142 Å². The summed E-state index contributed by atoms with van der Waals surface area (Å²) in [7, 11) is 0. The van der Waals surface area contributed by atoms with E-state index in [1.165, 1.54) is 39.0 Å². The van der Waals surface area contributed by atoms with Crippen LogP contribution in [0.3, 0.4) is 0 Å². The second kappa shape index (κ2) is 16.5. The summed E-state index contributed by atoms with van der Waals surface area (Å²) in [6.45, 7) is 11.4. The molecule has 282 valence electrons. The van der Waals surface area contributed by atoms with Crippen LogP contribution in [0.25, 0.3) is 39.0 Å². The molecule has 7 rings (SSSR count). The maximum Gasteiger partial charge on any atom is 0.311 e. The van der Waals surface area contributed by atoms with Crippen LogP contribution in [-0.2, 0) is 31.9 Å². The van der Waals surface area contributed by atoms with Crippen LogP contribution >= 0.6 is 56.7 Å². The molecule has 0 amide bonds. The number of esters is 2. The van der Waals surface area contributed by atoms with Gasteiger partial charge in [-0.3, -0.25) is 9.59 Å². The molecule has 0 aliphatic carbocycles. The molecule has 7 aromatic rings. The van der Waals surface area contributed by atoms with E-state index in [9.17, 15) is 9.59 Å². The van der Waals surface area contributed by atoms with Gasteiger partial charge in [0.05, 0.1) is 10.8 Å². The second-order valence-electron chi connectivity index (χ2n) is 15.6. The van der Waals surface area contributed by atoms with Crippen molar-refractivity contribution in [3.8, 4) is 39.0 Å². The first-order valence-corrected chi connectivity index (χ1v) is 22.4. The van der Waals surface area contributed by atoms with Crippen molar-refractivity contribution in [2.75, 3.05) is 0 Å². The highest BCUT2D eigenvalue weighted by atomic mass is 32.1. The Morgan fingerprint density at radius 3 is 0.982 bits per heavy atom. The molecule has 4 nitrogen and oxygen atoms in total. The molecule has 0 saturated heterocycles. The molecule has 2 unspecified atom stereocenters. The third kappa shape index (κ3) is 9.65. The van der Waals surface area contributed by atoms with E-state index >= 15 is 0 Å². The molecule has 0 saturated carbocycles. The lowest BCUT2D eigenvalue weighted by Gasteiger charge is -2.23. The van der Waals surface area contributed by atoms with Gasteiger partial charge in [-0.1, -0.05) is 60.7 Å². The standard InChI is InChI=1S/C46H44O4S5/c1-45(2,3)43(47)49-31(27-29-13-9-7-10-14-29)33-17-19-35(51-33)37-21-23-39(53-37)41-25-26-42(55-41)40-24-22-38(54-40)36-20-18-34(52-36)32(50-44(48)46(4,5)6)28-30-15-11-8-12-16-30/h7-26,31-32H,27-28H2,1-6H3. The number of thiophene rings is 5. The van der Waals surface area contributed by atoms with Crippen LogP contribution in [0.2, 0.25) is 0 Å². The highest BCUT2D eigenvalue weighted by Gasteiger charge is 2.30. The van der Waals surface area contributed by atoms with Crippen molar-refractivity contribution in [1.29, 1.82) is 0 Å². The number of hydrogen-bond donors (Lipinski definition) is 0. The molecule has 0 N–H and O–H groups in total. The van der Waals surface area contributed by atoms with Gasteiger partial charge in [0.1, 0.15) is 12.2 Å². The van der Waals surface area contributed by atoms with E-state index in [2.05, 4.69) is 84.9 Å². The van der Waals surface area contributed by atoms with Crippen molar-refractivity contribution >= 4 is 68.6 Å². The zero-order valence-corrected chi connectivity index (χ0v) is 35.9. The number of rotatable bonds is 12. The van der Waals surface area contributed by atoms with Gasteiger partial charge in [-0.05, 0) is 113 Å². The summed E-state index contributed by atoms with van der Waals surface area (Å²) in [6, 6.07) is 42.2. The van der Waals surface area contributed by atoms with Crippen LogP contribution in [-0.4, -0.2) is 11.9 Å². The molecule has 0 spiro atoms. The third-order valence-electron chi connectivity index (χ3n) is 8.93. The normalized spacial score (nSPS) is 13.1. The van der Waals surface area contributed by atoms with E-state index in [0.717, 1.165) is 20.9 Å². The van der Waals surface area contributed by atoms with Gasteiger partial charge in [-0.2, -0.15) is 0 Å². The first kappa shape index (κ1) is 39.1.